The zero-order valence-electron chi connectivity index (χ0n) is 14.1. The van der Waals surface area contributed by atoms with Gasteiger partial charge in [-0.25, -0.2) is 0 Å². The number of carbonyl (C=O) groups excluding carboxylic acids is 1. The second-order valence-electron chi connectivity index (χ2n) is 6.99. The molecule has 0 heterocycles. The first kappa shape index (κ1) is 15.7. The highest BCUT2D eigenvalue weighted by Gasteiger charge is 2.56. The third kappa shape index (κ3) is 2.25. The van der Waals surface area contributed by atoms with E-state index < -0.39 is 11.0 Å². The molecule has 118 valence electrons. The topological polar surface area (TPSA) is 37.3 Å². The maximum absolute atomic E-state index is 12.6. The fourth-order valence-corrected chi connectivity index (χ4v) is 3.27. The van der Waals surface area contributed by atoms with E-state index in [0.717, 1.165) is 22.3 Å². The Morgan fingerprint density at radius 1 is 0.826 bits per heavy atom. The number of hydrogen-bond acceptors (Lipinski definition) is 2. The molecule has 2 heteroatoms. The summed E-state index contributed by atoms with van der Waals surface area (Å²) in [6.45, 7) is 7.66. The maximum Gasteiger partial charge on any atom is 0.165 e. The number of benzene rings is 2. The molecule has 0 aromatic heterocycles. The first-order valence-corrected chi connectivity index (χ1v) is 7.90. The molecule has 0 spiro atoms. The van der Waals surface area contributed by atoms with Crippen molar-refractivity contribution in [2.45, 2.75) is 33.3 Å². The van der Waals surface area contributed by atoms with Gasteiger partial charge in [-0.15, -0.1) is 0 Å². The molecule has 0 amide bonds. The number of hydrogen-bond donors (Lipinski definition) is 1. The molecular weight excluding hydrogens is 284 g/mol. The molecule has 1 aliphatic carbocycles. The third-order valence-electron chi connectivity index (χ3n) is 5.02. The molecule has 2 nitrogen and oxygen atoms in total. The van der Waals surface area contributed by atoms with Gasteiger partial charge in [0.25, 0.3) is 0 Å². The van der Waals surface area contributed by atoms with Crippen LogP contribution < -0.4 is 0 Å². The fraction of sp³-hybridized carbons (Fsp3) is 0.286. The zero-order chi connectivity index (χ0) is 16.8. The van der Waals surface area contributed by atoms with Gasteiger partial charge < -0.3 is 5.11 Å². The number of aliphatic hydroxyl groups is 1. The van der Waals surface area contributed by atoms with E-state index in [1.807, 2.05) is 76.2 Å². The van der Waals surface area contributed by atoms with Gasteiger partial charge in [0.05, 0.1) is 5.41 Å². The second-order valence-corrected chi connectivity index (χ2v) is 6.99. The van der Waals surface area contributed by atoms with Crippen molar-refractivity contribution in [3.05, 3.63) is 76.9 Å². The van der Waals surface area contributed by atoms with Gasteiger partial charge in [-0.2, -0.15) is 0 Å². The summed E-state index contributed by atoms with van der Waals surface area (Å²) in [5.74, 6) is -0.0452. The van der Waals surface area contributed by atoms with Crippen LogP contribution in [-0.2, 0) is 10.4 Å². The van der Waals surface area contributed by atoms with Gasteiger partial charge in [0, 0.05) is 0 Å². The van der Waals surface area contributed by atoms with Crippen molar-refractivity contribution in [1.82, 2.24) is 0 Å². The van der Waals surface area contributed by atoms with E-state index in [0.29, 0.717) is 5.57 Å². The van der Waals surface area contributed by atoms with Gasteiger partial charge in [-0.3, -0.25) is 4.79 Å². The van der Waals surface area contributed by atoms with Crippen LogP contribution in [0.15, 0.2) is 54.6 Å². The monoisotopic (exact) mass is 306 g/mol. The Morgan fingerprint density at radius 2 is 1.30 bits per heavy atom. The van der Waals surface area contributed by atoms with Crippen LogP contribution >= 0.6 is 0 Å². The highest BCUT2D eigenvalue weighted by molar-refractivity contribution is 6.09. The molecule has 1 N–H and O–H groups in total. The molecule has 1 unspecified atom stereocenters. The second kappa shape index (κ2) is 5.17. The molecule has 23 heavy (non-hydrogen) atoms. The first-order valence-electron chi connectivity index (χ1n) is 7.90. The van der Waals surface area contributed by atoms with Gasteiger partial charge in [-0.05, 0) is 50.5 Å². The molecule has 3 rings (SSSR count). The molecule has 2 aromatic carbocycles. The van der Waals surface area contributed by atoms with Crippen LogP contribution in [0, 0.1) is 19.3 Å². The Hall–Kier alpha value is -2.19. The van der Waals surface area contributed by atoms with Gasteiger partial charge in [0.15, 0.2) is 5.78 Å². The Morgan fingerprint density at radius 3 is 1.83 bits per heavy atom. The number of aryl methyl sites for hydroxylation is 2. The molecule has 1 atom stereocenters. The number of allylic oxidation sites excluding steroid dienone is 1. The van der Waals surface area contributed by atoms with E-state index >= 15 is 0 Å². The third-order valence-corrected chi connectivity index (χ3v) is 5.02. The van der Waals surface area contributed by atoms with Gasteiger partial charge >= 0.3 is 0 Å². The Kier molecular flexibility index (Phi) is 3.53. The number of carbonyl (C=O) groups is 1. The average Bonchev–Trinajstić information content (AvgIpc) is 2.70. The Balaban J connectivity index is 2.21. The van der Waals surface area contributed by atoms with E-state index in [2.05, 4.69) is 0 Å². The van der Waals surface area contributed by atoms with Crippen molar-refractivity contribution in [3.63, 3.8) is 0 Å². The quantitative estimate of drug-likeness (QED) is 0.903. The van der Waals surface area contributed by atoms with Crippen LogP contribution in [0.3, 0.4) is 0 Å². The van der Waals surface area contributed by atoms with Crippen molar-refractivity contribution >= 4 is 11.4 Å². The predicted octanol–water partition coefficient (Wildman–Crippen LogP) is 4.18. The van der Waals surface area contributed by atoms with Crippen molar-refractivity contribution in [2.24, 2.45) is 5.41 Å². The number of rotatable bonds is 2. The summed E-state index contributed by atoms with van der Waals surface area (Å²) >= 11 is 0. The van der Waals surface area contributed by atoms with Crippen LogP contribution in [0.2, 0.25) is 0 Å². The summed E-state index contributed by atoms with van der Waals surface area (Å²) in [7, 11) is 0. The Bertz CT molecular complexity index is 780. The van der Waals surface area contributed by atoms with Gasteiger partial charge in [0.2, 0.25) is 0 Å². The highest BCUT2D eigenvalue weighted by atomic mass is 16.3. The molecule has 0 fully saturated rings. The van der Waals surface area contributed by atoms with Crippen LogP contribution in [0.1, 0.15) is 36.1 Å². The molecule has 0 saturated heterocycles. The lowest BCUT2D eigenvalue weighted by Crippen LogP contribution is -2.43. The van der Waals surface area contributed by atoms with Gasteiger partial charge in [-0.1, -0.05) is 59.7 Å². The minimum Gasteiger partial charge on any atom is -0.379 e. The van der Waals surface area contributed by atoms with E-state index in [1.54, 1.807) is 6.08 Å². The molecule has 0 radical (unpaired) electrons. The van der Waals surface area contributed by atoms with Crippen molar-refractivity contribution < 1.29 is 9.90 Å². The standard InChI is InChI=1S/C21H22O2/c1-14-5-9-16(10-6-14)18-13-19(22)20(3,4)21(18,23)17-11-7-15(2)8-12-17/h5-13,23H,1-4H3. The summed E-state index contributed by atoms with van der Waals surface area (Å²) in [6.07, 6.45) is 1.60. The summed E-state index contributed by atoms with van der Waals surface area (Å²) < 4.78 is 0. The van der Waals surface area contributed by atoms with Crippen molar-refractivity contribution in [1.29, 1.82) is 0 Å². The number of ketones is 1. The van der Waals surface area contributed by atoms with E-state index in [-0.39, 0.29) is 5.78 Å². The van der Waals surface area contributed by atoms with Gasteiger partial charge in [0.1, 0.15) is 5.60 Å². The molecule has 0 aliphatic heterocycles. The Labute approximate surface area is 137 Å². The molecule has 0 saturated carbocycles. The van der Waals surface area contributed by atoms with E-state index in [4.69, 9.17) is 0 Å². The summed E-state index contributed by atoms with van der Waals surface area (Å²) in [6, 6.07) is 15.7. The van der Waals surface area contributed by atoms with E-state index in [1.165, 1.54) is 0 Å². The predicted molar refractivity (Wildman–Crippen MR) is 93.0 cm³/mol. The van der Waals surface area contributed by atoms with Crippen molar-refractivity contribution in [2.75, 3.05) is 0 Å². The molecule has 0 bridgehead atoms. The van der Waals surface area contributed by atoms with Crippen LogP contribution in [0.4, 0.5) is 0 Å². The normalized spacial score (nSPS) is 23.0. The minimum atomic E-state index is -1.33. The zero-order valence-corrected chi connectivity index (χ0v) is 14.1. The lowest BCUT2D eigenvalue weighted by atomic mass is 9.68. The SMILES string of the molecule is Cc1ccc(C2=CC(=O)C(C)(C)C2(O)c2ccc(C)cc2)cc1. The van der Waals surface area contributed by atoms with Crippen LogP contribution in [0.25, 0.3) is 5.57 Å². The van der Waals surface area contributed by atoms with Crippen LogP contribution in [-0.4, -0.2) is 10.9 Å². The molecule has 1 aliphatic rings. The lowest BCUT2D eigenvalue weighted by Gasteiger charge is -2.38. The largest absolute Gasteiger partial charge is 0.379 e. The minimum absolute atomic E-state index is 0.0452. The fourth-order valence-electron chi connectivity index (χ4n) is 3.27. The highest BCUT2D eigenvalue weighted by Crippen LogP contribution is 2.54. The van der Waals surface area contributed by atoms with Crippen LogP contribution in [0.5, 0.6) is 0 Å². The smallest absolute Gasteiger partial charge is 0.165 e. The van der Waals surface area contributed by atoms with Crippen molar-refractivity contribution in [3.8, 4) is 0 Å². The molecule has 2 aromatic rings. The summed E-state index contributed by atoms with van der Waals surface area (Å²) in [5.41, 5.74) is 2.37. The lowest BCUT2D eigenvalue weighted by molar-refractivity contribution is -0.130. The average molecular weight is 306 g/mol. The summed E-state index contributed by atoms with van der Waals surface area (Å²) in [4.78, 5) is 12.6. The summed E-state index contributed by atoms with van der Waals surface area (Å²) in [5, 5.41) is 11.6. The maximum atomic E-state index is 12.6. The van der Waals surface area contributed by atoms with E-state index in [9.17, 15) is 9.90 Å². The first-order chi connectivity index (χ1) is 10.8. The molecular formula is C21H22O2.